The number of hydrogen-bond acceptors (Lipinski definition) is 2. The number of unbranched alkanes of at least 4 members (excludes halogenated alkanes) is 11. The minimum absolute atomic E-state index is 0.314. The third kappa shape index (κ3) is 13.8. The van der Waals surface area contributed by atoms with Crippen molar-refractivity contribution in [3.05, 3.63) is 0 Å². The van der Waals surface area contributed by atoms with Crippen LogP contribution in [-0.2, 0) is 9.53 Å². The summed E-state index contributed by atoms with van der Waals surface area (Å²) in [5.74, 6) is 0.314. The average Bonchev–Trinajstić information content (AvgIpc) is 2.68. The molecule has 1 atom stereocenters. The lowest BCUT2D eigenvalue weighted by atomic mass is 9.98. The standard InChI is InChI=1S/C24H46O2/c1-2-23(22-25)18-14-11-9-7-5-3-4-6-8-10-12-17-21-26-24-19-15-13-16-20-24/h22-24H,2-21H2,1H3. The maximum Gasteiger partial charge on any atom is 0.123 e. The zero-order valence-electron chi connectivity index (χ0n) is 17.7. The van der Waals surface area contributed by atoms with E-state index in [2.05, 4.69) is 6.92 Å². The number of hydrogen-bond donors (Lipinski definition) is 0. The molecule has 0 aromatic heterocycles. The first-order valence-electron chi connectivity index (χ1n) is 11.9. The van der Waals surface area contributed by atoms with E-state index >= 15 is 0 Å². The van der Waals surface area contributed by atoms with Crippen LogP contribution in [0.15, 0.2) is 0 Å². The minimum atomic E-state index is 0.314. The molecule has 1 rings (SSSR count). The van der Waals surface area contributed by atoms with E-state index in [9.17, 15) is 4.79 Å². The molecule has 0 aromatic carbocycles. The molecule has 1 aliphatic carbocycles. The van der Waals surface area contributed by atoms with Crippen LogP contribution in [0, 0.1) is 5.92 Å². The largest absolute Gasteiger partial charge is 0.378 e. The number of carbonyl (C=O) groups is 1. The topological polar surface area (TPSA) is 26.3 Å². The molecule has 2 heteroatoms. The van der Waals surface area contributed by atoms with E-state index in [0.717, 1.165) is 25.7 Å². The molecular formula is C24H46O2. The number of carbonyl (C=O) groups excluding carboxylic acids is 1. The van der Waals surface area contributed by atoms with Gasteiger partial charge in [-0.25, -0.2) is 0 Å². The molecule has 26 heavy (non-hydrogen) atoms. The van der Waals surface area contributed by atoms with Crippen LogP contribution >= 0.6 is 0 Å². The normalized spacial score (nSPS) is 16.7. The van der Waals surface area contributed by atoms with Gasteiger partial charge in [-0.1, -0.05) is 96.8 Å². The summed E-state index contributed by atoms with van der Waals surface area (Å²) < 4.78 is 5.99. The molecule has 1 aliphatic rings. The van der Waals surface area contributed by atoms with Gasteiger partial charge in [0.25, 0.3) is 0 Å². The summed E-state index contributed by atoms with van der Waals surface area (Å²) in [6, 6.07) is 0. The van der Waals surface area contributed by atoms with E-state index in [1.54, 1.807) is 0 Å². The fourth-order valence-electron chi connectivity index (χ4n) is 4.13. The fourth-order valence-corrected chi connectivity index (χ4v) is 4.13. The second kappa shape index (κ2) is 18.0. The molecule has 0 N–H and O–H groups in total. The van der Waals surface area contributed by atoms with Gasteiger partial charge >= 0.3 is 0 Å². The average molecular weight is 367 g/mol. The van der Waals surface area contributed by atoms with Crippen LogP contribution in [0.5, 0.6) is 0 Å². The highest BCUT2D eigenvalue weighted by Gasteiger charge is 2.12. The first kappa shape index (κ1) is 23.7. The zero-order valence-corrected chi connectivity index (χ0v) is 17.7. The predicted octanol–water partition coefficient (Wildman–Crippen LogP) is 7.63. The Balaban J connectivity index is 1.70. The van der Waals surface area contributed by atoms with Gasteiger partial charge in [-0.05, 0) is 32.1 Å². The van der Waals surface area contributed by atoms with E-state index in [1.165, 1.54) is 109 Å². The van der Waals surface area contributed by atoms with Crippen molar-refractivity contribution < 1.29 is 9.53 Å². The third-order valence-electron chi connectivity index (χ3n) is 6.09. The smallest absolute Gasteiger partial charge is 0.123 e. The zero-order chi connectivity index (χ0) is 18.7. The number of rotatable bonds is 18. The molecule has 0 aliphatic heterocycles. The monoisotopic (exact) mass is 366 g/mol. The van der Waals surface area contributed by atoms with Gasteiger partial charge in [-0.3, -0.25) is 0 Å². The van der Waals surface area contributed by atoms with Crippen LogP contribution < -0.4 is 0 Å². The SMILES string of the molecule is CCC(C=O)CCCCCCCCCCCCCCOC1CCCCC1. The minimum Gasteiger partial charge on any atom is -0.378 e. The van der Waals surface area contributed by atoms with Crippen molar-refractivity contribution in [3.63, 3.8) is 0 Å². The molecule has 1 saturated carbocycles. The highest BCUT2D eigenvalue weighted by molar-refractivity contribution is 5.53. The van der Waals surface area contributed by atoms with Crippen molar-refractivity contribution >= 4 is 6.29 Å². The van der Waals surface area contributed by atoms with Crippen LogP contribution in [0.4, 0.5) is 0 Å². The van der Waals surface area contributed by atoms with Gasteiger partial charge in [-0.15, -0.1) is 0 Å². The van der Waals surface area contributed by atoms with Crippen LogP contribution in [0.2, 0.25) is 0 Å². The van der Waals surface area contributed by atoms with Gasteiger partial charge in [0.2, 0.25) is 0 Å². The first-order valence-corrected chi connectivity index (χ1v) is 11.9. The lowest BCUT2D eigenvalue weighted by Gasteiger charge is -2.21. The van der Waals surface area contributed by atoms with Crippen molar-refractivity contribution in [3.8, 4) is 0 Å². The fraction of sp³-hybridized carbons (Fsp3) is 0.958. The molecular weight excluding hydrogens is 320 g/mol. The quantitative estimate of drug-likeness (QED) is 0.184. The lowest BCUT2D eigenvalue weighted by Crippen LogP contribution is -2.17. The Morgan fingerprint density at radius 3 is 1.77 bits per heavy atom. The van der Waals surface area contributed by atoms with Crippen LogP contribution in [0.3, 0.4) is 0 Å². The van der Waals surface area contributed by atoms with Crippen molar-refractivity contribution in [2.24, 2.45) is 5.92 Å². The Hall–Kier alpha value is -0.370. The maximum absolute atomic E-state index is 10.8. The number of aldehydes is 1. The van der Waals surface area contributed by atoms with Crippen LogP contribution in [0.25, 0.3) is 0 Å². The molecule has 154 valence electrons. The maximum atomic E-state index is 10.8. The van der Waals surface area contributed by atoms with Crippen LogP contribution in [-0.4, -0.2) is 19.0 Å². The van der Waals surface area contributed by atoms with Crippen LogP contribution in [0.1, 0.15) is 129 Å². The van der Waals surface area contributed by atoms with Gasteiger partial charge in [0.1, 0.15) is 6.29 Å². The second-order valence-corrected chi connectivity index (χ2v) is 8.47. The molecule has 0 spiro atoms. The van der Waals surface area contributed by atoms with Crippen molar-refractivity contribution in [2.75, 3.05) is 6.61 Å². The van der Waals surface area contributed by atoms with E-state index in [-0.39, 0.29) is 0 Å². The molecule has 0 radical (unpaired) electrons. The molecule has 0 aromatic rings. The van der Waals surface area contributed by atoms with Crippen molar-refractivity contribution in [2.45, 2.75) is 135 Å². The summed E-state index contributed by atoms with van der Waals surface area (Å²) in [5, 5.41) is 0. The molecule has 1 fully saturated rings. The third-order valence-corrected chi connectivity index (χ3v) is 6.09. The molecule has 1 unspecified atom stereocenters. The summed E-state index contributed by atoms with van der Waals surface area (Å²) in [7, 11) is 0. The Labute approximate surface area is 163 Å². The molecule has 0 bridgehead atoms. The summed E-state index contributed by atoms with van der Waals surface area (Å²) in [6.45, 7) is 3.11. The Morgan fingerprint density at radius 1 is 0.769 bits per heavy atom. The Morgan fingerprint density at radius 2 is 1.27 bits per heavy atom. The van der Waals surface area contributed by atoms with E-state index in [0.29, 0.717) is 12.0 Å². The van der Waals surface area contributed by atoms with Gasteiger partial charge in [0.05, 0.1) is 6.10 Å². The summed E-state index contributed by atoms with van der Waals surface area (Å²) in [6.07, 6.45) is 27.0. The van der Waals surface area contributed by atoms with Gasteiger partial charge in [0.15, 0.2) is 0 Å². The van der Waals surface area contributed by atoms with Crippen molar-refractivity contribution in [1.29, 1.82) is 0 Å². The van der Waals surface area contributed by atoms with Crippen molar-refractivity contribution in [1.82, 2.24) is 0 Å². The summed E-state index contributed by atoms with van der Waals surface area (Å²) >= 11 is 0. The van der Waals surface area contributed by atoms with E-state index < -0.39 is 0 Å². The summed E-state index contributed by atoms with van der Waals surface area (Å²) in [5.41, 5.74) is 0. The number of ether oxygens (including phenoxy) is 1. The highest BCUT2D eigenvalue weighted by atomic mass is 16.5. The highest BCUT2D eigenvalue weighted by Crippen LogP contribution is 2.20. The van der Waals surface area contributed by atoms with E-state index in [1.807, 2.05) is 0 Å². The predicted molar refractivity (Wildman–Crippen MR) is 113 cm³/mol. The molecule has 0 saturated heterocycles. The molecule has 0 heterocycles. The van der Waals surface area contributed by atoms with E-state index in [4.69, 9.17) is 4.74 Å². The van der Waals surface area contributed by atoms with Gasteiger partial charge < -0.3 is 9.53 Å². The Bertz CT molecular complexity index is 297. The Kier molecular flexibility index (Phi) is 16.4. The molecule has 0 amide bonds. The first-order chi connectivity index (χ1) is 12.9. The lowest BCUT2D eigenvalue weighted by molar-refractivity contribution is -0.111. The molecule has 2 nitrogen and oxygen atoms in total. The van der Waals surface area contributed by atoms with Gasteiger partial charge in [-0.2, -0.15) is 0 Å². The summed E-state index contributed by atoms with van der Waals surface area (Å²) in [4.78, 5) is 10.8. The van der Waals surface area contributed by atoms with Gasteiger partial charge in [0, 0.05) is 12.5 Å². The second-order valence-electron chi connectivity index (χ2n) is 8.47.